The normalized spacial score (nSPS) is 13.6. The Kier molecular flexibility index (Phi) is 5.20. The van der Waals surface area contributed by atoms with E-state index >= 15 is 0 Å². The SMILES string of the molecule is Cc1cc(C(=O)OCC(=O)Nc2ccc(Br)cc2Cl)c(C)n1C1CC1. The molecule has 3 rings (SSSR count). The van der Waals surface area contributed by atoms with Crippen molar-refractivity contribution in [2.75, 3.05) is 11.9 Å². The summed E-state index contributed by atoms with van der Waals surface area (Å²) in [7, 11) is 0. The second-order valence-corrected chi connectivity index (χ2v) is 7.46. The fourth-order valence-corrected chi connectivity index (χ4v) is 3.59. The number of benzene rings is 1. The van der Waals surface area contributed by atoms with Crippen molar-refractivity contribution in [2.45, 2.75) is 32.7 Å². The van der Waals surface area contributed by atoms with Crippen molar-refractivity contribution in [1.29, 1.82) is 0 Å². The molecule has 0 unspecified atom stereocenters. The molecular formula is C18H18BrClN2O3. The van der Waals surface area contributed by atoms with E-state index in [0.717, 1.165) is 28.7 Å². The van der Waals surface area contributed by atoms with Gasteiger partial charge in [0.25, 0.3) is 5.91 Å². The summed E-state index contributed by atoms with van der Waals surface area (Å²) in [5.41, 5.74) is 2.91. The highest BCUT2D eigenvalue weighted by atomic mass is 79.9. The van der Waals surface area contributed by atoms with Crippen molar-refractivity contribution < 1.29 is 14.3 Å². The standard InChI is InChI=1S/C18H18BrClN2O3/c1-10-7-14(11(2)22(10)13-4-5-13)18(24)25-9-17(23)21-16-6-3-12(19)8-15(16)20/h3,6-8,13H,4-5,9H2,1-2H3,(H,21,23). The van der Waals surface area contributed by atoms with Crippen molar-refractivity contribution in [3.63, 3.8) is 0 Å². The molecule has 1 amide bonds. The molecule has 1 aromatic heterocycles. The van der Waals surface area contributed by atoms with Crippen LogP contribution in [0.25, 0.3) is 0 Å². The second-order valence-electron chi connectivity index (χ2n) is 6.13. The topological polar surface area (TPSA) is 60.3 Å². The molecule has 1 aliphatic rings. The Morgan fingerprint density at radius 2 is 2.04 bits per heavy atom. The molecule has 0 atom stereocenters. The van der Waals surface area contributed by atoms with Gasteiger partial charge in [-0.1, -0.05) is 27.5 Å². The van der Waals surface area contributed by atoms with Crippen molar-refractivity contribution in [3.05, 3.63) is 50.7 Å². The van der Waals surface area contributed by atoms with Gasteiger partial charge in [-0.15, -0.1) is 0 Å². The maximum absolute atomic E-state index is 12.3. The number of amides is 1. The monoisotopic (exact) mass is 424 g/mol. The number of anilines is 1. The smallest absolute Gasteiger partial charge is 0.340 e. The maximum atomic E-state index is 12.3. The van der Waals surface area contributed by atoms with E-state index in [-0.39, 0.29) is 6.61 Å². The molecule has 0 radical (unpaired) electrons. The fourth-order valence-electron chi connectivity index (χ4n) is 2.86. The number of aromatic nitrogens is 1. The highest BCUT2D eigenvalue weighted by Crippen LogP contribution is 2.38. The van der Waals surface area contributed by atoms with E-state index in [2.05, 4.69) is 25.8 Å². The molecule has 2 aromatic rings. The molecule has 7 heteroatoms. The minimum Gasteiger partial charge on any atom is -0.452 e. The van der Waals surface area contributed by atoms with Crippen LogP contribution in [0.5, 0.6) is 0 Å². The van der Waals surface area contributed by atoms with Crippen molar-refractivity contribution in [3.8, 4) is 0 Å². The molecule has 1 saturated carbocycles. The number of esters is 1. The average Bonchev–Trinajstić information content (AvgIpc) is 3.33. The van der Waals surface area contributed by atoms with Gasteiger partial charge in [-0.25, -0.2) is 4.79 Å². The van der Waals surface area contributed by atoms with Crippen molar-refractivity contribution in [1.82, 2.24) is 4.57 Å². The molecule has 1 heterocycles. The van der Waals surface area contributed by atoms with Crippen LogP contribution in [-0.4, -0.2) is 23.1 Å². The summed E-state index contributed by atoms with van der Waals surface area (Å²) in [5.74, 6) is -0.925. The van der Waals surface area contributed by atoms with Crippen LogP contribution in [0, 0.1) is 13.8 Å². The Hall–Kier alpha value is -1.79. The Morgan fingerprint density at radius 1 is 1.32 bits per heavy atom. The quantitative estimate of drug-likeness (QED) is 0.709. The third-order valence-electron chi connectivity index (χ3n) is 4.16. The fraction of sp³-hybridized carbons (Fsp3) is 0.333. The number of nitrogens with one attached hydrogen (secondary N) is 1. The summed E-state index contributed by atoms with van der Waals surface area (Å²) in [6, 6.07) is 7.43. The molecule has 0 bridgehead atoms. The van der Waals surface area contributed by atoms with Crippen molar-refractivity contribution in [2.24, 2.45) is 0 Å². The molecular weight excluding hydrogens is 408 g/mol. The van der Waals surface area contributed by atoms with Gasteiger partial charge in [0.15, 0.2) is 6.61 Å². The molecule has 132 valence electrons. The van der Waals surface area contributed by atoms with E-state index in [1.54, 1.807) is 18.2 Å². The third kappa shape index (κ3) is 4.07. The van der Waals surface area contributed by atoms with Crippen LogP contribution >= 0.6 is 27.5 Å². The zero-order chi connectivity index (χ0) is 18.1. The van der Waals surface area contributed by atoms with Crippen LogP contribution in [0.2, 0.25) is 5.02 Å². The lowest BCUT2D eigenvalue weighted by Gasteiger charge is -2.09. The summed E-state index contributed by atoms with van der Waals surface area (Å²) in [6.07, 6.45) is 2.28. The van der Waals surface area contributed by atoms with E-state index in [0.29, 0.717) is 22.3 Å². The first kappa shape index (κ1) is 18.0. The summed E-state index contributed by atoms with van der Waals surface area (Å²) < 4.78 is 8.14. The minimum absolute atomic E-state index is 0.363. The van der Waals surface area contributed by atoms with Gasteiger partial charge in [0.2, 0.25) is 0 Å². The van der Waals surface area contributed by atoms with E-state index in [1.807, 2.05) is 19.9 Å². The Bertz CT molecular complexity index is 843. The molecule has 0 saturated heterocycles. The van der Waals surface area contributed by atoms with Crippen molar-refractivity contribution >= 4 is 45.1 Å². The van der Waals surface area contributed by atoms with Gasteiger partial charge in [-0.2, -0.15) is 0 Å². The number of rotatable bonds is 5. The van der Waals surface area contributed by atoms with Crippen LogP contribution in [0.15, 0.2) is 28.7 Å². The predicted octanol–water partition coefficient (Wildman–Crippen LogP) is 4.65. The summed E-state index contributed by atoms with van der Waals surface area (Å²) in [6.45, 7) is 3.52. The van der Waals surface area contributed by atoms with E-state index in [4.69, 9.17) is 16.3 Å². The van der Waals surface area contributed by atoms with Gasteiger partial charge < -0.3 is 14.6 Å². The summed E-state index contributed by atoms with van der Waals surface area (Å²) in [5, 5.41) is 3.03. The van der Waals surface area contributed by atoms with Gasteiger partial charge in [-0.3, -0.25) is 4.79 Å². The zero-order valence-electron chi connectivity index (χ0n) is 13.9. The number of hydrogen-bond donors (Lipinski definition) is 1. The molecule has 5 nitrogen and oxygen atoms in total. The zero-order valence-corrected chi connectivity index (χ0v) is 16.3. The van der Waals surface area contributed by atoms with Crippen LogP contribution in [0.3, 0.4) is 0 Å². The molecule has 1 aliphatic carbocycles. The highest BCUT2D eigenvalue weighted by molar-refractivity contribution is 9.10. The Labute approximate surface area is 159 Å². The predicted molar refractivity (Wildman–Crippen MR) is 100 cm³/mol. The van der Waals surface area contributed by atoms with Gasteiger partial charge in [0, 0.05) is 21.9 Å². The van der Waals surface area contributed by atoms with E-state index < -0.39 is 11.9 Å². The number of carbonyl (C=O) groups excluding carboxylic acids is 2. The third-order valence-corrected chi connectivity index (χ3v) is 4.96. The molecule has 25 heavy (non-hydrogen) atoms. The number of halogens is 2. The first-order chi connectivity index (χ1) is 11.9. The summed E-state index contributed by atoms with van der Waals surface area (Å²) in [4.78, 5) is 24.3. The summed E-state index contributed by atoms with van der Waals surface area (Å²) >= 11 is 9.35. The molecule has 0 spiro atoms. The number of aryl methyl sites for hydroxylation is 1. The first-order valence-corrected chi connectivity index (χ1v) is 9.14. The number of ether oxygens (including phenoxy) is 1. The van der Waals surface area contributed by atoms with Crippen LogP contribution in [0.4, 0.5) is 5.69 Å². The Balaban J connectivity index is 1.60. The molecule has 1 fully saturated rings. The lowest BCUT2D eigenvalue weighted by molar-refractivity contribution is -0.119. The van der Waals surface area contributed by atoms with Gasteiger partial charge in [0.1, 0.15) is 0 Å². The van der Waals surface area contributed by atoms with Gasteiger partial charge in [0.05, 0.1) is 16.3 Å². The first-order valence-electron chi connectivity index (χ1n) is 7.97. The molecule has 0 aliphatic heterocycles. The van der Waals surface area contributed by atoms with Crippen LogP contribution in [0.1, 0.15) is 40.6 Å². The lowest BCUT2D eigenvalue weighted by Crippen LogP contribution is -2.21. The minimum atomic E-state index is -0.489. The van der Waals surface area contributed by atoms with Gasteiger partial charge in [-0.05, 0) is 51.0 Å². The number of carbonyl (C=O) groups is 2. The van der Waals surface area contributed by atoms with Gasteiger partial charge >= 0.3 is 5.97 Å². The van der Waals surface area contributed by atoms with E-state index in [1.165, 1.54) is 0 Å². The van der Waals surface area contributed by atoms with Crippen LogP contribution < -0.4 is 5.32 Å². The number of nitrogens with zero attached hydrogens (tertiary/aromatic N) is 1. The highest BCUT2D eigenvalue weighted by Gasteiger charge is 2.28. The lowest BCUT2D eigenvalue weighted by atomic mass is 10.2. The Morgan fingerprint density at radius 3 is 2.68 bits per heavy atom. The second kappa shape index (κ2) is 7.22. The molecule has 1 aromatic carbocycles. The van der Waals surface area contributed by atoms with E-state index in [9.17, 15) is 9.59 Å². The maximum Gasteiger partial charge on any atom is 0.340 e. The largest absolute Gasteiger partial charge is 0.452 e. The average molecular weight is 426 g/mol. The number of hydrogen-bond acceptors (Lipinski definition) is 3. The molecule has 1 N–H and O–H groups in total. The van der Waals surface area contributed by atoms with Crippen LogP contribution in [-0.2, 0) is 9.53 Å².